The number of pyridine rings is 1. The van der Waals surface area contributed by atoms with Crippen LogP contribution in [0, 0.1) is 11.3 Å². The first-order valence-corrected chi connectivity index (χ1v) is 7.64. The molecule has 2 aromatic rings. The van der Waals surface area contributed by atoms with Crippen molar-refractivity contribution in [3.63, 3.8) is 0 Å². The fraction of sp³-hybridized carbons (Fsp3) is 0.188. The number of thioether (sulfide) groups is 1. The van der Waals surface area contributed by atoms with Crippen molar-refractivity contribution in [1.82, 2.24) is 4.98 Å². The van der Waals surface area contributed by atoms with Crippen molar-refractivity contribution in [3.05, 3.63) is 48.2 Å². The SMILES string of the molecule is CN(C)c1ncccc1NC(=O)c1cccc(SCC#N)c1. The maximum atomic E-state index is 12.4. The lowest BCUT2D eigenvalue weighted by Gasteiger charge is -2.16. The summed E-state index contributed by atoms with van der Waals surface area (Å²) in [4.78, 5) is 19.4. The van der Waals surface area contributed by atoms with E-state index in [0.29, 0.717) is 22.8 Å². The maximum Gasteiger partial charge on any atom is 0.255 e. The molecule has 2 rings (SSSR count). The molecule has 1 N–H and O–H groups in total. The van der Waals surface area contributed by atoms with Crippen LogP contribution in [0.3, 0.4) is 0 Å². The Bertz CT molecular complexity index is 709. The molecular weight excluding hydrogens is 296 g/mol. The molecular formula is C16H16N4OS. The van der Waals surface area contributed by atoms with Crippen LogP contribution in [0.15, 0.2) is 47.5 Å². The molecule has 0 atom stereocenters. The van der Waals surface area contributed by atoms with Crippen molar-refractivity contribution >= 4 is 29.2 Å². The maximum absolute atomic E-state index is 12.4. The number of benzene rings is 1. The lowest BCUT2D eigenvalue weighted by Crippen LogP contribution is -2.17. The van der Waals surface area contributed by atoms with E-state index in [1.54, 1.807) is 24.4 Å². The molecule has 0 fully saturated rings. The summed E-state index contributed by atoms with van der Waals surface area (Å²) in [6.07, 6.45) is 1.68. The van der Waals surface area contributed by atoms with E-state index < -0.39 is 0 Å². The molecule has 22 heavy (non-hydrogen) atoms. The predicted octanol–water partition coefficient (Wildman–Crippen LogP) is 3.02. The number of nitriles is 1. The van der Waals surface area contributed by atoms with Crippen LogP contribution < -0.4 is 10.2 Å². The molecule has 112 valence electrons. The van der Waals surface area contributed by atoms with E-state index in [2.05, 4.69) is 16.4 Å². The molecule has 0 radical (unpaired) electrons. The molecule has 6 heteroatoms. The van der Waals surface area contributed by atoms with Gasteiger partial charge >= 0.3 is 0 Å². The number of carbonyl (C=O) groups excluding carboxylic acids is 1. The molecule has 0 aliphatic rings. The number of nitrogens with one attached hydrogen (secondary N) is 1. The van der Waals surface area contributed by atoms with Gasteiger partial charge in [0.15, 0.2) is 5.82 Å². The Balaban J connectivity index is 2.18. The Morgan fingerprint density at radius 1 is 1.36 bits per heavy atom. The lowest BCUT2D eigenvalue weighted by atomic mass is 10.2. The minimum atomic E-state index is -0.199. The quantitative estimate of drug-likeness (QED) is 0.860. The van der Waals surface area contributed by atoms with Gasteiger partial charge in [-0.3, -0.25) is 4.79 Å². The Morgan fingerprint density at radius 3 is 2.91 bits per heavy atom. The van der Waals surface area contributed by atoms with Gasteiger partial charge in [-0.25, -0.2) is 4.98 Å². The number of aromatic nitrogens is 1. The Hall–Kier alpha value is -2.52. The topological polar surface area (TPSA) is 69.0 Å². The summed E-state index contributed by atoms with van der Waals surface area (Å²) in [5.74, 6) is 0.861. The Kier molecular flexibility index (Phi) is 5.39. The molecule has 1 heterocycles. The van der Waals surface area contributed by atoms with Crippen LogP contribution >= 0.6 is 11.8 Å². The molecule has 0 spiro atoms. The highest BCUT2D eigenvalue weighted by atomic mass is 32.2. The summed E-state index contributed by atoms with van der Waals surface area (Å²) in [6, 6.07) is 12.9. The Labute approximate surface area is 134 Å². The highest BCUT2D eigenvalue weighted by Gasteiger charge is 2.11. The van der Waals surface area contributed by atoms with Crippen molar-refractivity contribution in [3.8, 4) is 6.07 Å². The fourth-order valence-corrected chi connectivity index (χ4v) is 2.50. The minimum Gasteiger partial charge on any atom is -0.361 e. The molecule has 0 saturated heterocycles. The van der Waals surface area contributed by atoms with Gasteiger partial charge in [0.05, 0.1) is 17.5 Å². The number of rotatable bonds is 5. The molecule has 0 bridgehead atoms. The van der Waals surface area contributed by atoms with Gasteiger partial charge in [0, 0.05) is 30.8 Å². The van der Waals surface area contributed by atoms with E-state index in [4.69, 9.17) is 5.26 Å². The fourth-order valence-electron chi connectivity index (χ4n) is 1.89. The van der Waals surface area contributed by atoms with Crippen LogP contribution in [0.25, 0.3) is 0 Å². The molecule has 0 saturated carbocycles. The highest BCUT2D eigenvalue weighted by Crippen LogP contribution is 2.23. The van der Waals surface area contributed by atoms with Crippen LogP contribution in [0.5, 0.6) is 0 Å². The molecule has 0 aliphatic heterocycles. The molecule has 0 unspecified atom stereocenters. The predicted molar refractivity (Wildman–Crippen MR) is 89.3 cm³/mol. The van der Waals surface area contributed by atoms with E-state index in [0.717, 1.165) is 4.90 Å². The number of carbonyl (C=O) groups is 1. The first kappa shape index (κ1) is 15.9. The van der Waals surface area contributed by atoms with Crippen molar-refractivity contribution in [2.45, 2.75) is 4.90 Å². The molecule has 0 aliphatic carbocycles. The zero-order valence-electron chi connectivity index (χ0n) is 12.4. The number of hydrogen-bond donors (Lipinski definition) is 1. The van der Waals surface area contributed by atoms with Gasteiger partial charge in [-0.15, -0.1) is 11.8 Å². The zero-order valence-corrected chi connectivity index (χ0v) is 13.2. The van der Waals surface area contributed by atoms with Gasteiger partial charge in [0.1, 0.15) is 0 Å². The second-order valence-electron chi connectivity index (χ2n) is 4.70. The first-order chi connectivity index (χ1) is 10.6. The van der Waals surface area contributed by atoms with Gasteiger partial charge in [-0.05, 0) is 30.3 Å². The van der Waals surface area contributed by atoms with Crippen molar-refractivity contribution in [1.29, 1.82) is 5.26 Å². The number of nitrogens with zero attached hydrogens (tertiary/aromatic N) is 3. The van der Waals surface area contributed by atoms with Gasteiger partial charge in [0.25, 0.3) is 5.91 Å². The van der Waals surface area contributed by atoms with E-state index >= 15 is 0 Å². The van der Waals surface area contributed by atoms with Gasteiger partial charge in [-0.1, -0.05) is 6.07 Å². The second kappa shape index (κ2) is 7.48. The average Bonchev–Trinajstić information content (AvgIpc) is 2.53. The average molecular weight is 312 g/mol. The van der Waals surface area contributed by atoms with Crippen LogP contribution in [0.1, 0.15) is 10.4 Å². The summed E-state index contributed by atoms with van der Waals surface area (Å²) in [6.45, 7) is 0. The smallest absolute Gasteiger partial charge is 0.255 e. The van der Waals surface area contributed by atoms with Crippen LogP contribution in [0.2, 0.25) is 0 Å². The third kappa shape index (κ3) is 3.99. The molecule has 5 nitrogen and oxygen atoms in total. The molecule has 1 aromatic carbocycles. The standard InChI is InChI=1S/C16H16N4OS/c1-20(2)15-14(7-4-9-18-15)19-16(21)12-5-3-6-13(11-12)22-10-8-17/h3-7,9,11H,10H2,1-2H3,(H,19,21). The number of anilines is 2. The highest BCUT2D eigenvalue weighted by molar-refractivity contribution is 7.99. The Morgan fingerprint density at radius 2 is 2.18 bits per heavy atom. The van der Waals surface area contributed by atoms with Gasteiger partial charge in [0.2, 0.25) is 0 Å². The number of hydrogen-bond acceptors (Lipinski definition) is 5. The van der Waals surface area contributed by atoms with Crippen molar-refractivity contribution in [2.24, 2.45) is 0 Å². The lowest BCUT2D eigenvalue weighted by molar-refractivity contribution is 0.102. The summed E-state index contributed by atoms with van der Waals surface area (Å²) < 4.78 is 0. The number of amides is 1. The summed E-state index contributed by atoms with van der Waals surface area (Å²) >= 11 is 1.40. The minimum absolute atomic E-state index is 0.199. The third-order valence-electron chi connectivity index (χ3n) is 2.86. The summed E-state index contributed by atoms with van der Waals surface area (Å²) in [5, 5.41) is 11.5. The van der Waals surface area contributed by atoms with Gasteiger partial charge in [-0.2, -0.15) is 5.26 Å². The van der Waals surface area contributed by atoms with Crippen LogP contribution in [-0.4, -0.2) is 30.7 Å². The van der Waals surface area contributed by atoms with Crippen LogP contribution in [-0.2, 0) is 0 Å². The zero-order chi connectivity index (χ0) is 15.9. The molecule has 1 aromatic heterocycles. The monoisotopic (exact) mass is 312 g/mol. The first-order valence-electron chi connectivity index (χ1n) is 6.65. The van der Waals surface area contributed by atoms with Crippen LogP contribution in [0.4, 0.5) is 11.5 Å². The summed E-state index contributed by atoms with van der Waals surface area (Å²) in [7, 11) is 3.74. The molecule has 1 amide bonds. The van der Waals surface area contributed by atoms with Gasteiger partial charge < -0.3 is 10.2 Å². The van der Waals surface area contributed by atoms with E-state index in [1.165, 1.54) is 11.8 Å². The van der Waals surface area contributed by atoms with E-state index in [9.17, 15) is 4.79 Å². The van der Waals surface area contributed by atoms with E-state index in [1.807, 2.05) is 37.2 Å². The van der Waals surface area contributed by atoms with Crippen molar-refractivity contribution < 1.29 is 4.79 Å². The second-order valence-corrected chi connectivity index (χ2v) is 5.75. The summed E-state index contributed by atoms with van der Waals surface area (Å²) in [5.41, 5.74) is 1.21. The largest absolute Gasteiger partial charge is 0.361 e. The third-order valence-corrected chi connectivity index (χ3v) is 3.72. The van der Waals surface area contributed by atoms with E-state index in [-0.39, 0.29) is 5.91 Å². The van der Waals surface area contributed by atoms with Crippen molar-refractivity contribution in [2.75, 3.05) is 30.1 Å². The normalized spacial score (nSPS) is 9.86.